The SMILES string of the molecule is CNC(CSCCCOC)c1ccc(OC(C)C)cc1. The molecule has 0 aromatic heterocycles. The first-order valence-corrected chi connectivity index (χ1v) is 8.33. The summed E-state index contributed by atoms with van der Waals surface area (Å²) in [5.74, 6) is 3.15. The summed E-state index contributed by atoms with van der Waals surface area (Å²) in [7, 11) is 3.76. The molecule has 1 atom stereocenters. The third kappa shape index (κ3) is 6.64. The molecule has 0 amide bonds. The highest BCUT2D eigenvalue weighted by Gasteiger charge is 2.09. The van der Waals surface area contributed by atoms with Gasteiger partial charge in [-0.1, -0.05) is 12.1 Å². The minimum atomic E-state index is 0.220. The third-order valence-corrected chi connectivity index (χ3v) is 4.07. The first kappa shape index (κ1) is 17.3. The zero-order chi connectivity index (χ0) is 14.8. The molecule has 4 heteroatoms. The van der Waals surface area contributed by atoms with E-state index in [9.17, 15) is 0 Å². The van der Waals surface area contributed by atoms with Gasteiger partial charge in [-0.15, -0.1) is 0 Å². The van der Waals surface area contributed by atoms with E-state index in [2.05, 4.69) is 29.6 Å². The fourth-order valence-corrected chi connectivity index (χ4v) is 2.99. The van der Waals surface area contributed by atoms with Crippen LogP contribution in [-0.4, -0.2) is 38.4 Å². The predicted octanol–water partition coefficient (Wildman–Crippen LogP) is 3.50. The maximum absolute atomic E-state index is 5.67. The van der Waals surface area contributed by atoms with E-state index in [1.54, 1.807) is 7.11 Å². The molecule has 1 aromatic rings. The lowest BCUT2D eigenvalue weighted by molar-refractivity contribution is 0.200. The highest BCUT2D eigenvalue weighted by atomic mass is 32.2. The van der Waals surface area contributed by atoms with Gasteiger partial charge in [0.2, 0.25) is 0 Å². The summed E-state index contributed by atoms with van der Waals surface area (Å²) >= 11 is 1.96. The zero-order valence-electron chi connectivity index (χ0n) is 13.0. The van der Waals surface area contributed by atoms with Crippen molar-refractivity contribution in [1.29, 1.82) is 0 Å². The first-order valence-electron chi connectivity index (χ1n) is 7.18. The molecule has 0 aliphatic heterocycles. The molecule has 0 saturated carbocycles. The monoisotopic (exact) mass is 297 g/mol. The molecule has 0 bridgehead atoms. The van der Waals surface area contributed by atoms with Crippen LogP contribution in [0.5, 0.6) is 5.75 Å². The smallest absolute Gasteiger partial charge is 0.119 e. The van der Waals surface area contributed by atoms with Crippen LogP contribution in [0.15, 0.2) is 24.3 Å². The van der Waals surface area contributed by atoms with Crippen molar-refractivity contribution in [3.05, 3.63) is 29.8 Å². The van der Waals surface area contributed by atoms with Crippen LogP contribution in [0.4, 0.5) is 0 Å². The van der Waals surface area contributed by atoms with Crippen LogP contribution < -0.4 is 10.1 Å². The number of rotatable bonds is 10. The van der Waals surface area contributed by atoms with E-state index in [0.29, 0.717) is 6.04 Å². The standard InChI is InChI=1S/C16H27NO2S/c1-13(2)19-15-8-6-14(7-9-15)16(17-3)12-20-11-5-10-18-4/h6-9,13,16-17H,5,10-12H2,1-4H3. The third-order valence-electron chi connectivity index (χ3n) is 2.92. The second-order valence-electron chi connectivity index (χ2n) is 5.00. The minimum absolute atomic E-state index is 0.220. The van der Waals surface area contributed by atoms with Gasteiger partial charge in [0.15, 0.2) is 0 Å². The quantitative estimate of drug-likeness (QED) is 0.670. The zero-order valence-corrected chi connectivity index (χ0v) is 13.8. The van der Waals surface area contributed by atoms with E-state index < -0.39 is 0 Å². The van der Waals surface area contributed by atoms with Crippen LogP contribution in [0.3, 0.4) is 0 Å². The van der Waals surface area contributed by atoms with Gasteiger partial charge in [0, 0.05) is 25.5 Å². The lowest BCUT2D eigenvalue weighted by Gasteiger charge is -2.17. The minimum Gasteiger partial charge on any atom is -0.491 e. The van der Waals surface area contributed by atoms with Gasteiger partial charge in [-0.25, -0.2) is 0 Å². The van der Waals surface area contributed by atoms with E-state index >= 15 is 0 Å². The fourth-order valence-electron chi connectivity index (χ4n) is 1.90. The van der Waals surface area contributed by atoms with Crippen molar-refractivity contribution < 1.29 is 9.47 Å². The lowest BCUT2D eigenvalue weighted by atomic mass is 10.1. The Hall–Kier alpha value is -0.710. The maximum atomic E-state index is 5.67. The van der Waals surface area contributed by atoms with Crippen molar-refractivity contribution in [2.75, 3.05) is 32.3 Å². The molecule has 0 heterocycles. The molecule has 20 heavy (non-hydrogen) atoms. The Morgan fingerprint density at radius 3 is 2.45 bits per heavy atom. The topological polar surface area (TPSA) is 30.5 Å². The maximum Gasteiger partial charge on any atom is 0.119 e. The summed E-state index contributed by atoms with van der Waals surface area (Å²) in [6.07, 6.45) is 1.33. The molecule has 114 valence electrons. The number of methoxy groups -OCH3 is 1. The van der Waals surface area contributed by atoms with Gasteiger partial charge in [0.25, 0.3) is 0 Å². The van der Waals surface area contributed by atoms with Crippen LogP contribution in [0.1, 0.15) is 31.9 Å². The Balaban J connectivity index is 2.44. The van der Waals surface area contributed by atoms with Crippen LogP contribution in [0, 0.1) is 0 Å². The number of ether oxygens (including phenoxy) is 2. The van der Waals surface area contributed by atoms with Crippen LogP contribution in [0.2, 0.25) is 0 Å². The molecule has 0 aliphatic carbocycles. The Bertz CT molecular complexity index is 354. The lowest BCUT2D eigenvalue weighted by Crippen LogP contribution is -2.19. The number of hydrogen-bond acceptors (Lipinski definition) is 4. The van der Waals surface area contributed by atoms with E-state index in [4.69, 9.17) is 9.47 Å². The van der Waals surface area contributed by atoms with Crippen LogP contribution in [-0.2, 0) is 4.74 Å². The second kappa shape index (κ2) is 10.1. The molecule has 1 N–H and O–H groups in total. The van der Waals surface area contributed by atoms with Crippen molar-refractivity contribution in [3.8, 4) is 5.75 Å². The molecule has 0 spiro atoms. The average Bonchev–Trinajstić information content (AvgIpc) is 2.43. The van der Waals surface area contributed by atoms with Crippen molar-refractivity contribution in [2.24, 2.45) is 0 Å². The second-order valence-corrected chi connectivity index (χ2v) is 6.15. The molecule has 3 nitrogen and oxygen atoms in total. The van der Waals surface area contributed by atoms with Gasteiger partial charge in [-0.2, -0.15) is 11.8 Å². The Labute approximate surface area is 127 Å². The molecule has 0 fully saturated rings. The summed E-state index contributed by atoms with van der Waals surface area (Å²) < 4.78 is 10.7. The molecule has 0 saturated heterocycles. The molecule has 0 radical (unpaired) electrons. The normalized spacial score (nSPS) is 12.7. The number of hydrogen-bond donors (Lipinski definition) is 1. The van der Waals surface area contributed by atoms with Crippen molar-refractivity contribution >= 4 is 11.8 Å². The van der Waals surface area contributed by atoms with Gasteiger partial charge >= 0.3 is 0 Å². The van der Waals surface area contributed by atoms with Crippen LogP contribution in [0.25, 0.3) is 0 Å². The molecular formula is C16H27NO2S. The molecule has 1 rings (SSSR count). The van der Waals surface area contributed by atoms with Crippen molar-refractivity contribution in [3.63, 3.8) is 0 Å². The van der Waals surface area contributed by atoms with Gasteiger partial charge in [0.05, 0.1) is 6.10 Å². The molecule has 0 aliphatic rings. The predicted molar refractivity (Wildman–Crippen MR) is 87.8 cm³/mol. The van der Waals surface area contributed by atoms with Crippen molar-refractivity contribution in [2.45, 2.75) is 32.4 Å². The van der Waals surface area contributed by atoms with E-state index in [1.165, 1.54) is 5.56 Å². The van der Waals surface area contributed by atoms with E-state index in [0.717, 1.165) is 30.3 Å². The van der Waals surface area contributed by atoms with Gasteiger partial charge in [0.1, 0.15) is 5.75 Å². The molecular weight excluding hydrogens is 270 g/mol. The summed E-state index contributed by atoms with van der Waals surface area (Å²) in [5.41, 5.74) is 1.31. The number of benzene rings is 1. The number of thioether (sulfide) groups is 1. The summed E-state index contributed by atoms with van der Waals surface area (Å²) in [5, 5.41) is 3.38. The fraction of sp³-hybridized carbons (Fsp3) is 0.625. The average molecular weight is 297 g/mol. The van der Waals surface area contributed by atoms with Gasteiger partial charge in [-0.05, 0) is 50.8 Å². The summed E-state index contributed by atoms with van der Waals surface area (Å²) in [4.78, 5) is 0. The van der Waals surface area contributed by atoms with Gasteiger partial charge in [-0.3, -0.25) is 0 Å². The van der Waals surface area contributed by atoms with Gasteiger partial charge < -0.3 is 14.8 Å². The molecule has 1 aromatic carbocycles. The Morgan fingerprint density at radius 2 is 1.90 bits per heavy atom. The Kier molecular flexibility index (Phi) is 8.74. The summed E-state index contributed by atoms with van der Waals surface area (Å²) in [6, 6.07) is 8.78. The number of nitrogens with one attached hydrogen (secondary N) is 1. The van der Waals surface area contributed by atoms with Crippen LogP contribution >= 0.6 is 11.8 Å². The molecule has 1 unspecified atom stereocenters. The summed E-state index contributed by atoms with van der Waals surface area (Å²) in [6.45, 7) is 4.93. The van der Waals surface area contributed by atoms with Crippen molar-refractivity contribution in [1.82, 2.24) is 5.32 Å². The Morgan fingerprint density at radius 1 is 1.20 bits per heavy atom. The van der Waals surface area contributed by atoms with E-state index in [-0.39, 0.29) is 6.10 Å². The van der Waals surface area contributed by atoms with E-state index in [1.807, 2.05) is 32.7 Å². The highest BCUT2D eigenvalue weighted by molar-refractivity contribution is 7.99. The largest absolute Gasteiger partial charge is 0.491 e. The highest BCUT2D eigenvalue weighted by Crippen LogP contribution is 2.22. The first-order chi connectivity index (χ1) is 9.67.